The highest BCUT2D eigenvalue weighted by Crippen LogP contribution is 2.13. The number of rotatable bonds is 8. The average Bonchev–Trinajstić information content (AvgIpc) is 2.22. The number of allylic oxidation sites excluding steroid dienone is 5. The van der Waals surface area contributed by atoms with Crippen LogP contribution in [-0.2, 0) is 0 Å². The lowest BCUT2D eigenvalue weighted by molar-refractivity contribution is 0.607. The second-order valence-corrected chi connectivity index (χ2v) is 3.68. The van der Waals surface area contributed by atoms with Gasteiger partial charge in [-0.05, 0) is 25.2 Å². The Kier molecular flexibility index (Phi) is 10.7. The average molecular weight is 233 g/mol. The van der Waals surface area contributed by atoms with Gasteiger partial charge >= 0.3 is 0 Å². The maximum atomic E-state index is 5.54. The van der Waals surface area contributed by atoms with Crippen LogP contribution in [0.1, 0.15) is 19.3 Å². The zero-order valence-corrected chi connectivity index (χ0v) is 9.97. The summed E-state index contributed by atoms with van der Waals surface area (Å²) >= 11 is 11.1. The second kappa shape index (κ2) is 10.9. The summed E-state index contributed by atoms with van der Waals surface area (Å²) in [5.74, 6) is 1.75. The summed E-state index contributed by atoms with van der Waals surface area (Å²) < 4.78 is 0. The molecule has 1 unspecified atom stereocenters. The van der Waals surface area contributed by atoms with E-state index in [-0.39, 0.29) is 0 Å². The van der Waals surface area contributed by atoms with Gasteiger partial charge in [-0.1, -0.05) is 30.4 Å². The van der Waals surface area contributed by atoms with Crippen LogP contribution in [0, 0.1) is 5.92 Å². The first kappa shape index (κ1) is 13.8. The van der Waals surface area contributed by atoms with Crippen molar-refractivity contribution in [2.24, 2.45) is 5.92 Å². The Bertz CT molecular complexity index is 183. The molecule has 0 aromatic heterocycles. The van der Waals surface area contributed by atoms with Crippen molar-refractivity contribution >= 4 is 23.2 Å². The van der Waals surface area contributed by atoms with Gasteiger partial charge < -0.3 is 0 Å². The van der Waals surface area contributed by atoms with Gasteiger partial charge in [-0.3, -0.25) is 0 Å². The Labute approximate surface area is 97.3 Å². The quantitative estimate of drug-likeness (QED) is 0.426. The van der Waals surface area contributed by atoms with Crippen molar-refractivity contribution in [2.45, 2.75) is 19.3 Å². The molecule has 0 saturated carbocycles. The number of alkyl halides is 2. The first-order chi connectivity index (χ1) is 6.85. The maximum Gasteiger partial charge on any atom is 0.0404 e. The summed E-state index contributed by atoms with van der Waals surface area (Å²) in [4.78, 5) is 0. The molecule has 0 aliphatic rings. The summed E-state index contributed by atoms with van der Waals surface area (Å²) in [6.45, 7) is 3.82. The van der Waals surface area contributed by atoms with Crippen LogP contribution in [0.4, 0.5) is 0 Å². The van der Waals surface area contributed by atoms with Crippen molar-refractivity contribution in [1.82, 2.24) is 0 Å². The lowest BCUT2D eigenvalue weighted by atomic mass is 9.99. The highest BCUT2D eigenvalue weighted by atomic mass is 35.5. The molecule has 0 aromatic rings. The number of hydrogen-bond donors (Lipinski definition) is 0. The van der Waals surface area contributed by atoms with Crippen LogP contribution >= 0.6 is 23.2 Å². The van der Waals surface area contributed by atoms with E-state index in [1.54, 1.807) is 0 Å². The molecule has 1 atom stereocenters. The predicted octanol–water partition coefficient (Wildman–Crippen LogP) is 4.55. The highest BCUT2D eigenvalue weighted by Gasteiger charge is 1.99. The van der Waals surface area contributed by atoms with Crippen LogP contribution < -0.4 is 0 Å². The molecule has 0 nitrogen and oxygen atoms in total. The second-order valence-electron chi connectivity index (χ2n) is 3.06. The standard InChI is InChI=1S/C12H18Cl2/c1-2-12(9-5-7-11-14)8-4-3-6-10-13/h2-3,5-7,12H,1,4,8-11H2/b6-3+,7-5+. The molecule has 0 aliphatic carbocycles. The first-order valence-electron chi connectivity index (χ1n) is 4.89. The van der Waals surface area contributed by atoms with Crippen molar-refractivity contribution < 1.29 is 0 Å². The normalized spacial score (nSPS) is 13.9. The Morgan fingerprint density at radius 3 is 2.21 bits per heavy atom. The molecule has 14 heavy (non-hydrogen) atoms. The van der Waals surface area contributed by atoms with E-state index >= 15 is 0 Å². The molecule has 0 bridgehead atoms. The van der Waals surface area contributed by atoms with E-state index in [1.165, 1.54) is 0 Å². The SMILES string of the molecule is C=CC(C/C=C/CCl)CC/C=C/CCl. The molecule has 0 fully saturated rings. The minimum atomic E-state index is 0.550. The molecule has 0 N–H and O–H groups in total. The van der Waals surface area contributed by atoms with Gasteiger partial charge in [0.25, 0.3) is 0 Å². The summed E-state index contributed by atoms with van der Waals surface area (Å²) in [5, 5.41) is 0. The molecule has 0 saturated heterocycles. The van der Waals surface area contributed by atoms with Crippen molar-refractivity contribution in [3.8, 4) is 0 Å². The van der Waals surface area contributed by atoms with Gasteiger partial charge in [0.15, 0.2) is 0 Å². The predicted molar refractivity (Wildman–Crippen MR) is 67.3 cm³/mol. The molecule has 0 amide bonds. The van der Waals surface area contributed by atoms with Crippen molar-refractivity contribution in [2.75, 3.05) is 11.8 Å². The van der Waals surface area contributed by atoms with Crippen molar-refractivity contribution in [1.29, 1.82) is 0 Å². The van der Waals surface area contributed by atoms with E-state index in [4.69, 9.17) is 23.2 Å². The third-order valence-electron chi connectivity index (χ3n) is 1.99. The van der Waals surface area contributed by atoms with Crippen LogP contribution in [0.3, 0.4) is 0 Å². The van der Waals surface area contributed by atoms with Crippen LogP contribution in [0.2, 0.25) is 0 Å². The summed E-state index contributed by atoms with van der Waals surface area (Å²) in [6, 6.07) is 0. The fourth-order valence-corrected chi connectivity index (χ4v) is 1.41. The third kappa shape index (κ3) is 8.40. The summed E-state index contributed by atoms with van der Waals surface area (Å²) in [5.41, 5.74) is 0. The van der Waals surface area contributed by atoms with E-state index in [1.807, 2.05) is 18.2 Å². The molecule has 0 heterocycles. The van der Waals surface area contributed by atoms with Gasteiger partial charge in [-0.2, -0.15) is 0 Å². The molecular weight excluding hydrogens is 215 g/mol. The zero-order valence-electron chi connectivity index (χ0n) is 8.46. The maximum absolute atomic E-state index is 5.54. The Morgan fingerprint density at radius 2 is 1.64 bits per heavy atom. The van der Waals surface area contributed by atoms with Crippen LogP contribution in [0.25, 0.3) is 0 Å². The van der Waals surface area contributed by atoms with Gasteiger partial charge in [-0.15, -0.1) is 29.8 Å². The first-order valence-corrected chi connectivity index (χ1v) is 5.96. The monoisotopic (exact) mass is 232 g/mol. The molecule has 0 rings (SSSR count). The molecular formula is C12H18Cl2. The van der Waals surface area contributed by atoms with Gasteiger partial charge in [0, 0.05) is 11.8 Å². The van der Waals surface area contributed by atoms with Crippen LogP contribution in [-0.4, -0.2) is 11.8 Å². The van der Waals surface area contributed by atoms with Crippen LogP contribution in [0.5, 0.6) is 0 Å². The lowest BCUT2D eigenvalue weighted by Gasteiger charge is -2.07. The number of halogens is 2. The fraction of sp³-hybridized carbons (Fsp3) is 0.500. The van der Waals surface area contributed by atoms with E-state index in [9.17, 15) is 0 Å². The van der Waals surface area contributed by atoms with Crippen molar-refractivity contribution in [3.05, 3.63) is 37.0 Å². The lowest BCUT2D eigenvalue weighted by Crippen LogP contribution is -1.93. The number of hydrogen-bond acceptors (Lipinski definition) is 0. The summed E-state index contributed by atoms with van der Waals surface area (Å²) in [6.07, 6.45) is 13.4. The molecule has 80 valence electrons. The van der Waals surface area contributed by atoms with Crippen molar-refractivity contribution in [3.63, 3.8) is 0 Å². The Balaban J connectivity index is 3.62. The third-order valence-corrected chi connectivity index (χ3v) is 2.34. The van der Waals surface area contributed by atoms with Gasteiger partial charge in [-0.25, -0.2) is 0 Å². The Hall–Kier alpha value is -0.200. The van der Waals surface area contributed by atoms with Gasteiger partial charge in [0.1, 0.15) is 0 Å². The topological polar surface area (TPSA) is 0 Å². The van der Waals surface area contributed by atoms with E-state index < -0.39 is 0 Å². The molecule has 0 aliphatic heterocycles. The minimum absolute atomic E-state index is 0.550. The van der Waals surface area contributed by atoms with Gasteiger partial charge in [0.2, 0.25) is 0 Å². The minimum Gasteiger partial charge on any atom is -0.122 e. The molecule has 0 aromatic carbocycles. The molecule has 2 heteroatoms. The largest absolute Gasteiger partial charge is 0.122 e. The fourth-order valence-electron chi connectivity index (χ4n) is 1.16. The smallest absolute Gasteiger partial charge is 0.0404 e. The Morgan fingerprint density at radius 1 is 1.00 bits per heavy atom. The molecule has 0 radical (unpaired) electrons. The molecule has 0 spiro atoms. The highest BCUT2D eigenvalue weighted by molar-refractivity contribution is 6.19. The van der Waals surface area contributed by atoms with Gasteiger partial charge in [0.05, 0.1) is 0 Å². The van der Waals surface area contributed by atoms with E-state index in [0.717, 1.165) is 19.3 Å². The van der Waals surface area contributed by atoms with E-state index in [0.29, 0.717) is 17.7 Å². The zero-order chi connectivity index (χ0) is 10.6. The van der Waals surface area contributed by atoms with E-state index in [2.05, 4.69) is 18.7 Å². The summed E-state index contributed by atoms with van der Waals surface area (Å²) in [7, 11) is 0. The van der Waals surface area contributed by atoms with Crippen LogP contribution in [0.15, 0.2) is 37.0 Å².